The van der Waals surface area contributed by atoms with Crippen LogP contribution in [-0.2, 0) is 6.42 Å². The number of nitrogens with two attached hydrogens (primary N) is 1. The number of piperidine rings is 1. The number of aliphatic hydroxyl groups is 1. The molecule has 1 saturated heterocycles. The van der Waals surface area contributed by atoms with Gasteiger partial charge in [-0.05, 0) is 18.8 Å². The normalized spacial score (nSPS) is 24.3. The number of aliphatic hydroxyl groups excluding tert-OH is 1. The second-order valence-corrected chi connectivity index (χ2v) is 5.10. The molecule has 0 amide bonds. The molecule has 1 aromatic heterocycles. The molecule has 18 heavy (non-hydrogen) atoms. The summed E-state index contributed by atoms with van der Waals surface area (Å²) >= 11 is 0. The molecule has 0 saturated carbocycles. The van der Waals surface area contributed by atoms with Crippen LogP contribution in [0.2, 0.25) is 0 Å². The lowest BCUT2D eigenvalue weighted by molar-refractivity contribution is 0.102. The van der Waals surface area contributed by atoms with Crippen molar-refractivity contribution in [3.05, 3.63) is 11.9 Å². The van der Waals surface area contributed by atoms with E-state index in [0.717, 1.165) is 37.4 Å². The monoisotopic (exact) mass is 250 g/mol. The van der Waals surface area contributed by atoms with Crippen LogP contribution in [0.4, 0.5) is 11.6 Å². The third-order valence-electron chi connectivity index (χ3n) is 3.50. The number of anilines is 2. The molecule has 1 aliphatic heterocycles. The number of hydrogen-bond acceptors (Lipinski definition) is 5. The zero-order chi connectivity index (χ0) is 13.1. The van der Waals surface area contributed by atoms with Crippen LogP contribution in [0.25, 0.3) is 0 Å². The fraction of sp³-hybridized carbons (Fsp3) is 0.692. The fourth-order valence-electron chi connectivity index (χ4n) is 2.26. The van der Waals surface area contributed by atoms with Gasteiger partial charge in [0.05, 0.1) is 6.10 Å². The minimum atomic E-state index is -0.287. The van der Waals surface area contributed by atoms with E-state index in [1.807, 2.05) is 0 Å². The number of aromatic nitrogens is 2. The summed E-state index contributed by atoms with van der Waals surface area (Å²) in [6.45, 7) is 5.72. The number of rotatable bonds is 3. The van der Waals surface area contributed by atoms with Crippen molar-refractivity contribution in [2.24, 2.45) is 5.92 Å². The van der Waals surface area contributed by atoms with E-state index in [-0.39, 0.29) is 6.10 Å². The van der Waals surface area contributed by atoms with E-state index in [0.29, 0.717) is 18.3 Å². The van der Waals surface area contributed by atoms with Crippen LogP contribution < -0.4 is 10.6 Å². The first-order valence-electron chi connectivity index (χ1n) is 6.66. The Bertz CT molecular complexity index is 410. The fourth-order valence-corrected chi connectivity index (χ4v) is 2.26. The largest absolute Gasteiger partial charge is 0.391 e. The molecule has 1 aliphatic rings. The Kier molecular flexibility index (Phi) is 4.01. The minimum Gasteiger partial charge on any atom is -0.391 e. The minimum absolute atomic E-state index is 0.287. The maximum Gasteiger partial charge on any atom is 0.134 e. The highest BCUT2D eigenvalue weighted by Crippen LogP contribution is 2.23. The zero-order valence-electron chi connectivity index (χ0n) is 11.1. The van der Waals surface area contributed by atoms with E-state index in [2.05, 4.69) is 28.7 Å². The van der Waals surface area contributed by atoms with Crippen LogP contribution in [0.1, 0.15) is 32.5 Å². The van der Waals surface area contributed by atoms with Crippen LogP contribution >= 0.6 is 0 Å². The first-order valence-corrected chi connectivity index (χ1v) is 6.66. The second-order valence-electron chi connectivity index (χ2n) is 5.10. The first kappa shape index (κ1) is 13.1. The molecule has 5 heteroatoms. The summed E-state index contributed by atoms with van der Waals surface area (Å²) in [6.07, 6.45) is 2.53. The molecule has 0 radical (unpaired) electrons. The average molecular weight is 250 g/mol. The summed E-state index contributed by atoms with van der Waals surface area (Å²) in [5, 5.41) is 9.94. The standard InChI is InChI=1S/C13H22N4O/c1-3-4-12-15-11(14)7-13(16-12)17-6-5-9(2)10(18)8-17/h7,9-10,18H,3-6,8H2,1-2H3,(H2,14,15,16). The first-order chi connectivity index (χ1) is 8.60. The molecular formula is C13H22N4O. The molecular weight excluding hydrogens is 228 g/mol. The van der Waals surface area contributed by atoms with Gasteiger partial charge in [-0.1, -0.05) is 13.8 Å². The predicted octanol–water partition coefficient (Wildman–Crippen LogP) is 1.22. The Balaban J connectivity index is 2.17. The van der Waals surface area contributed by atoms with E-state index in [1.54, 1.807) is 6.07 Å². The Labute approximate surface area is 108 Å². The third-order valence-corrected chi connectivity index (χ3v) is 3.50. The van der Waals surface area contributed by atoms with Crippen molar-refractivity contribution in [1.29, 1.82) is 0 Å². The Hall–Kier alpha value is -1.36. The third kappa shape index (κ3) is 2.90. The van der Waals surface area contributed by atoms with Gasteiger partial charge in [0.1, 0.15) is 17.5 Å². The summed E-state index contributed by atoms with van der Waals surface area (Å²) in [6, 6.07) is 1.79. The number of nitrogens with zero attached hydrogens (tertiary/aromatic N) is 3. The lowest BCUT2D eigenvalue weighted by Gasteiger charge is -2.35. The lowest BCUT2D eigenvalue weighted by atomic mass is 9.96. The topological polar surface area (TPSA) is 75.3 Å². The van der Waals surface area contributed by atoms with Crippen molar-refractivity contribution in [3.8, 4) is 0 Å². The molecule has 1 fully saturated rings. The highest BCUT2D eigenvalue weighted by Gasteiger charge is 2.25. The summed E-state index contributed by atoms with van der Waals surface area (Å²) in [4.78, 5) is 10.9. The molecule has 2 rings (SSSR count). The van der Waals surface area contributed by atoms with E-state index in [9.17, 15) is 5.11 Å². The summed E-state index contributed by atoms with van der Waals surface area (Å²) < 4.78 is 0. The molecule has 5 nitrogen and oxygen atoms in total. The summed E-state index contributed by atoms with van der Waals surface area (Å²) in [5.41, 5.74) is 5.82. The molecule has 100 valence electrons. The van der Waals surface area contributed by atoms with Gasteiger partial charge in [-0.15, -0.1) is 0 Å². The van der Waals surface area contributed by atoms with Crippen molar-refractivity contribution in [2.45, 2.75) is 39.2 Å². The van der Waals surface area contributed by atoms with Crippen molar-refractivity contribution in [3.63, 3.8) is 0 Å². The van der Waals surface area contributed by atoms with Crippen LogP contribution in [0.15, 0.2) is 6.07 Å². The van der Waals surface area contributed by atoms with Gasteiger partial charge in [-0.2, -0.15) is 0 Å². The number of aryl methyl sites for hydroxylation is 1. The number of nitrogen functional groups attached to an aromatic ring is 1. The van der Waals surface area contributed by atoms with Gasteiger partial charge in [0, 0.05) is 25.6 Å². The van der Waals surface area contributed by atoms with Gasteiger partial charge in [0.15, 0.2) is 0 Å². The van der Waals surface area contributed by atoms with Crippen molar-refractivity contribution >= 4 is 11.6 Å². The van der Waals surface area contributed by atoms with Gasteiger partial charge in [0.2, 0.25) is 0 Å². The van der Waals surface area contributed by atoms with Crippen molar-refractivity contribution in [2.75, 3.05) is 23.7 Å². The molecule has 0 spiro atoms. The Morgan fingerprint density at radius 3 is 2.94 bits per heavy atom. The van der Waals surface area contributed by atoms with Gasteiger partial charge < -0.3 is 15.7 Å². The molecule has 2 heterocycles. The molecule has 3 N–H and O–H groups in total. The summed E-state index contributed by atoms with van der Waals surface area (Å²) in [7, 11) is 0. The van der Waals surface area contributed by atoms with Crippen LogP contribution in [0.5, 0.6) is 0 Å². The van der Waals surface area contributed by atoms with Crippen LogP contribution in [0, 0.1) is 5.92 Å². The van der Waals surface area contributed by atoms with E-state index in [4.69, 9.17) is 5.73 Å². The molecule has 0 aliphatic carbocycles. The molecule has 1 aromatic rings. The maximum atomic E-state index is 9.94. The quantitative estimate of drug-likeness (QED) is 0.843. The Morgan fingerprint density at radius 2 is 2.28 bits per heavy atom. The number of β-amino-alcohol motifs (C(OH)–C–C–N with tert-alkyl or cyclic N) is 1. The van der Waals surface area contributed by atoms with Gasteiger partial charge in [-0.25, -0.2) is 9.97 Å². The van der Waals surface area contributed by atoms with Gasteiger partial charge in [0.25, 0.3) is 0 Å². The van der Waals surface area contributed by atoms with Crippen LogP contribution in [0.3, 0.4) is 0 Å². The average Bonchev–Trinajstić information content (AvgIpc) is 2.32. The number of hydrogen-bond donors (Lipinski definition) is 2. The maximum absolute atomic E-state index is 9.94. The molecule has 2 unspecified atom stereocenters. The molecule has 2 atom stereocenters. The predicted molar refractivity (Wildman–Crippen MR) is 72.4 cm³/mol. The van der Waals surface area contributed by atoms with Gasteiger partial charge >= 0.3 is 0 Å². The van der Waals surface area contributed by atoms with E-state index < -0.39 is 0 Å². The SMILES string of the molecule is CCCc1nc(N)cc(N2CCC(C)C(O)C2)n1. The van der Waals surface area contributed by atoms with Crippen molar-refractivity contribution in [1.82, 2.24) is 9.97 Å². The highest BCUT2D eigenvalue weighted by atomic mass is 16.3. The smallest absolute Gasteiger partial charge is 0.134 e. The lowest BCUT2D eigenvalue weighted by Crippen LogP contribution is -2.43. The highest BCUT2D eigenvalue weighted by molar-refractivity contribution is 5.47. The van der Waals surface area contributed by atoms with Gasteiger partial charge in [-0.3, -0.25) is 0 Å². The van der Waals surface area contributed by atoms with E-state index in [1.165, 1.54) is 0 Å². The summed E-state index contributed by atoms with van der Waals surface area (Å²) in [5.74, 6) is 2.50. The van der Waals surface area contributed by atoms with Crippen LogP contribution in [-0.4, -0.2) is 34.3 Å². The molecule has 0 aromatic carbocycles. The van der Waals surface area contributed by atoms with E-state index >= 15 is 0 Å². The Morgan fingerprint density at radius 1 is 1.50 bits per heavy atom. The second kappa shape index (κ2) is 5.52. The molecule has 0 bridgehead atoms. The van der Waals surface area contributed by atoms with Crippen molar-refractivity contribution < 1.29 is 5.11 Å². The zero-order valence-corrected chi connectivity index (χ0v) is 11.1.